The van der Waals surface area contributed by atoms with Crippen LogP contribution in [0.15, 0.2) is 48.8 Å². The molecule has 2 aromatic rings. The highest BCUT2D eigenvalue weighted by Gasteiger charge is 2.38. The molecule has 0 unspecified atom stereocenters. The first-order valence-electron chi connectivity index (χ1n) is 8.87. The van der Waals surface area contributed by atoms with E-state index in [1.807, 2.05) is 42.7 Å². The molecule has 1 saturated carbocycles. The van der Waals surface area contributed by atoms with Crippen LogP contribution in [-0.4, -0.2) is 30.8 Å². The van der Waals surface area contributed by atoms with Crippen molar-refractivity contribution in [2.24, 2.45) is 5.92 Å². The van der Waals surface area contributed by atoms with E-state index in [0.717, 1.165) is 37.7 Å². The first-order valence-corrected chi connectivity index (χ1v) is 8.87. The van der Waals surface area contributed by atoms with Gasteiger partial charge in [0, 0.05) is 12.2 Å². The van der Waals surface area contributed by atoms with Gasteiger partial charge in [-0.25, -0.2) is 0 Å². The predicted molar refractivity (Wildman–Crippen MR) is 93.5 cm³/mol. The summed E-state index contributed by atoms with van der Waals surface area (Å²) in [4.78, 5) is 4.35. The topological polar surface area (TPSA) is 43.4 Å². The zero-order valence-electron chi connectivity index (χ0n) is 13.9. The first kappa shape index (κ1) is 15.5. The van der Waals surface area contributed by atoms with E-state index in [2.05, 4.69) is 16.4 Å². The average molecular weight is 324 g/mol. The van der Waals surface area contributed by atoms with Crippen molar-refractivity contribution in [3.8, 4) is 11.5 Å². The Labute approximate surface area is 143 Å². The Bertz CT molecular complexity index is 658. The van der Waals surface area contributed by atoms with Crippen LogP contribution in [0.5, 0.6) is 11.5 Å². The number of rotatable bonds is 8. The van der Waals surface area contributed by atoms with Gasteiger partial charge in [-0.05, 0) is 61.4 Å². The number of nitrogens with one attached hydrogen (secondary N) is 1. The number of hydrogen-bond acceptors (Lipinski definition) is 4. The molecule has 1 saturated heterocycles. The van der Waals surface area contributed by atoms with Crippen molar-refractivity contribution in [2.75, 3.05) is 19.8 Å². The van der Waals surface area contributed by atoms with Gasteiger partial charge in [0.2, 0.25) is 0 Å². The lowest BCUT2D eigenvalue weighted by molar-refractivity contribution is 0.216. The van der Waals surface area contributed by atoms with Crippen molar-refractivity contribution in [3.05, 3.63) is 54.4 Å². The lowest BCUT2D eigenvalue weighted by Gasteiger charge is -2.27. The van der Waals surface area contributed by atoms with Crippen molar-refractivity contribution >= 4 is 0 Å². The van der Waals surface area contributed by atoms with Gasteiger partial charge >= 0.3 is 0 Å². The molecule has 0 amide bonds. The highest BCUT2D eigenvalue weighted by molar-refractivity contribution is 5.30. The number of benzene rings is 1. The summed E-state index contributed by atoms with van der Waals surface area (Å²) < 4.78 is 11.7. The van der Waals surface area contributed by atoms with Gasteiger partial charge in [0.05, 0.1) is 12.8 Å². The van der Waals surface area contributed by atoms with E-state index in [0.29, 0.717) is 17.9 Å². The molecule has 0 spiro atoms. The summed E-state index contributed by atoms with van der Waals surface area (Å²) in [7, 11) is 0. The van der Waals surface area contributed by atoms with Crippen LogP contribution in [0.25, 0.3) is 0 Å². The molecule has 2 heterocycles. The lowest BCUT2D eigenvalue weighted by Crippen LogP contribution is -2.46. The van der Waals surface area contributed by atoms with Gasteiger partial charge in [0.15, 0.2) is 0 Å². The summed E-state index contributed by atoms with van der Waals surface area (Å²) in [5, 5.41) is 3.35. The van der Waals surface area contributed by atoms with Crippen LogP contribution in [-0.2, 0) is 0 Å². The van der Waals surface area contributed by atoms with Gasteiger partial charge in [0.25, 0.3) is 0 Å². The van der Waals surface area contributed by atoms with Gasteiger partial charge < -0.3 is 14.8 Å². The minimum atomic E-state index is 0.512. The summed E-state index contributed by atoms with van der Waals surface area (Å²) in [5.74, 6) is 3.17. The summed E-state index contributed by atoms with van der Waals surface area (Å²) >= 11 is 0. The molecule has 24 heavy (non-hydrogen) atoms. The quantitative estimate of drug-likeness (QED) is 0.808. The second kappa shape index (κ2) is 7.22. The summed E-state index contributed by atoms with van der Waals surface area (Å²) in [5.41, 5.74) is 1.30. The van der Waals surface area contributed by atoms with Crippen LogP contribution in [0.4, 0.5) is 0 Å². The molecule has 1 aliphatic heterocycles. The molecule has 1 N–H and O–H groups in total. The molecule has 2 aliphatic rings. The van der Waals surface area contributed by atoms with Crippen molar-refractivity contribution in [1.29, 1.82) is 0 Å². The molecule has 4 rings (SSSR count). The molecule has 4 heteroatoms. The second-order valence-electron chi connectivity index (χ2n) is 6.76. The molecule has 1 aromatic carbocycles. The van der Waals surface area contributed by atoms with Crippen LogP contribution in [0.1, 0.15) is 30.7 Å². The molecule has 126 valence electrons. The Balaban J connectivity index is 1.23. The maximum atomic E-state index is 5.85. The maximum absolute atomic E-state index is 5.85. The SMILES string of the molecule is c1ccc(OCC[C@@H]2C[C@@H]2c2cncc(OC[C@@H]3CCN3)c2)cc1. The summed E-state index contributed by atoms with van der Waals surface area (Å²) in [6.45, 7) is 2.63. The van der Waals surface area contributed by atoms with Crippen molar-refractivity contribution in [2.45, 2.75) is 31.2 Å². The van der Waals surface area contributed by atoms with Gasteiger partial charge in [-0.3, -0.25) is 4.98 Å². The van der Waals surface area contributed by atoms with Crippen molar-refractivity contribution in [1.82, 2.24) is 10.3 Å². The van der Waals surface area contributed by atoms with Crippen LogP contribution in [0.3, 0.4) is 0 Å². The zero-order valence-corrected chi connectivity index (χ0v) is 13.9. The minimum absolute atomic E-state index is 0.512. The average Bonchev–Trinajstić information content (AvgIpc) is 3.34. The van der Waals surface area contributed by atoms with Gasteiger partial charge in [-0.1, -0.05) is 18.2 Å². The molecule has 0 bridgehead atoms. The largest absolute Gasteiger partial charge is 0.494 e. The third kappa shape index (κ3) is 3.88. The standard InChI is InChI=1S/C20H24N2O2/c1-2-4-18(5-3-1)23-9-7-15-11-20(15)16-10-19(13-21-12-16)24-14-17-6-8-22-17/h1-5,10,12-13,15,17,20,22H,6-9,11,14H2/t15-,17+,20+/m1/s1. The van der Waals surface area contributed by atoms with Gasteiger partial charge in [0.1, 0.15) is 18.1 Å². The number of pyridine rings is 1. The molecule has 2 fully saturated rings. The van der Waals surface area contributed by atoms with E-state index in [4.69, 9.17) is 9.47 Å². The smallest absolute Gasteiger partial charge is 0.137 e. The Kier molecular flexibility index (Phi) is 4.65. The normalized spacial score (nSPS) is 24.9. The molecular weight excluding hydrogens is 300 g/mol. The Morgan fingerprint density at radius 2 is 1.96 bits per heavy atom. The van der Waals surface area contributed by atoms with Crippen LogP contribution >= 0.6 is 0 Å². The highest BCUT2D eigenvalue weighted by Crippen LogP contribution is 2.49. The van der Waals surface area contributed by atoms with E-state index in [9.17, 15) is 0 Å². The fourth-order valence-electron chi connectivity index (χ4n) is 3.22. The predicted octanol–water partition coefficient (Wildman–Crippen LogP) is 3.39. The lowest BCUT2D eigenvalue weighted by atomic mass is 10.1. The van der Waals surface area contributed by atoms with E-state index < -0.39 is 0 Å². The fourth-order valence-corrected chi connectivity index (χ4v) is 3.22. The molecule has 4 nitrogen and oxygen atoms in total. The van der Waals surface area contributed by atoms with E-state index in [1.54, 1.807) is 0 Å². The number of ether oxygens (including phenoxy) is 2. The Hall–Kier alpha value is -2.07. The molecule has 1 aromatic heterocycles. The van der Waals surface area contributed by atoms with Crippen LogP contribution in [0, 0.1) is 5.92 Å². The fraction of sp³-hybridized carbons (Fsp3) is 0.450. The number of nitrogens with zero attached hydrogens (tertiary/aromatic N) is 1. The van der Waals surface area contributed by atoms with Crippen LogP contribution < -0.4 is 14.8 Å². The maximum Gasteiger partial charge on any atom is 0.137 e. The monoisotopic (exact) mass is 324 g/mol. The number of para-hydroxylation sites is 1. The third-order valence-electron chi connectivity index (χ3n) is 4.96. The summed E-state index contributed by atoms with van der Waals surface area (Å²) in [6, 6.07) is 12.7. The molecule has 0 radical (unpaired) electrons. The van der Waals surface area contributed by atoms with Gasteiger partial charge in [-0.2, -0.15) is 0 Å². The van der Waals surface area contributed by atoms with E-state index in [-0.39, 0.29) is 0 Å². The molecule has 1 aliphatic carbocycles. The second-order valence-corrected chi connectivity index (χ2v) is 6.76. The van der Waals surface area contributed by atoms with E-state index >= 15 is 0 Å². The molecular formula is C20H24N2O2. The van der Waals surface area contributed by atoms with Crippen LogP contribution in [0.2, 0.25) is 0 Å². The highest BCUT2D eigenvalue weighted by atomic mass is 16.5. The zero-order chi connectivity index (χ0) is 16.2. The molecule has 3 atom stereocenters. The minimum Gasteiger partial charge on any atom is -0.494 e. The van der Waals surface area contributed by atoms with Gasteiger partial charge in [-0.15, -0.1) is 0 Å². The summed E-state index contributed by atoms with van der Waals surface area (Å²) in [6.07, 6.45) is 7.33. The Morgan fingerprint density at radius 3 is 2.75 bits per heavy atom. The number of hydrogen-bond donors (Lipinski definition) is 1. The van der Waals surface area contributed by atoms with E-state index in [1.165, 1.54) is 18.4 Å². The third-order valence-corrected chi connectivity index (χ3v) is 4.96. The first-order chi connectivity index (χ1) is 11.9. The number of aromatic nitrogens is 1. The van der Waals surface area contributed by atoms with Crippen molar-refractivity contribution < 1.29 is 9.47 Å². The van der Waals surface area contributed by atoms with Crippen molar-refractivity contribution in [3.63, 3.8) is 0 Å². The Morgan fingerprint density at radius 1 is 1.08 bits per heavy atom.